The van der Waals surface area contributed by atoms with Crippen molar-refractivity contribution >= 4 is 23.1 Å². The van der Waals surface area contributed by atoms with Gasteiger partial charge in [-0.3, -0.25) is 4.79 Å². The number of aryl methyl sites for hydroxylation is 1. The summed E-state index contributed by atoms with van der Waals surface area (Å²) in [5, 5.41) is 5.85. The molecule has 1 amide bonds. The molecule has 0 aromatic carbocycles. The Morgan fingerprint density at radius 3 is 3.00 bits per heavy atom. The lowest BCUT2D eigenvalue weighted by molar-refractivity contribution is 0.0950. The lowest BCUT2D eigenvalue weighted by Crippen LogP contribution is -2.29. The van der Waals surface area contributed by atoms with E-state index in [9.17, 15) is 4.79 Å². The molecule has 3 heterocycles. The van der Waals surface area contributed by atoms with Crippen LogP contribution >= 0.6 is 11.3 Å². The zero-order valence-corrected chi connectivity index (χ0v) is 15.5. The lowest BCUT2D eigenvalue weighted by Gasteiger charge is -2.21. The fraction of sp³-hybridized carbons (Fsp3) is 0.500. The summed E-state index contributed by atoms with van der Waals surface area (Å²) in [7, 11) is 2.00. The molecule has 1 fully saturated rings. The summed E-state index contributed by atoms with van der Waals surface area (Å²) in [6.07, 6.45) is 5.04. The van der Waals surface area contributed by atoms with E-state index >= 15 is 0 Å². The zero-order valence-electron chi connectivity index (χ0n) is 14.7. The van der Waals surface area contributed by atoms with Crippen LogP contribution < -0.4 is 10.2 Å². The van der Waals surface area contributed by atoms with Crippen molar-refractivity contribution in [2.45, 2.75) is 38.8 Å². The molecule has 2 aromatic heterocycles. The first-order valence-corrected chi connectivity index (χ1v) is 9.54. The van der Waals surface area contributed by atoms with Crippen molar-refractivity contribution in [2.24, 2.45) is 0 Å². The summed E-state index contributed by atoms with van der Waals surface area (Å²) in [6.45, 7) is 4.19. The van der Waals surface area contributed by atoms with Crippen molar-refractivity contribution in [3.05, 3.63) is 40.0 Å². The molecule has 0 unspecified atom stereocenters. The summed E-state index contributed by atoms with van der Waals surface area (Å²) >= 11 is 1.57. The van der Waals surface area contributed by atoms with E-state index in [2.05, 4.69) is 27.1 Å². The number of likely N-dealkylation sites (N-methyl/N-ethyl adjacent to an activating group) is 1. The first-order valence-electron chi connectivity index (χ1n) is 8.66. The predicted octanol–water partition coefficient (Wildman–Crippen LogP) is 2.65. The first kappa shape index (κ1) is 17.8. The number of hydrogen-bond acceptors (Lipinski definition) is 6. The van der Waals surface area contributed by atoms with Gasteiger partial charge in [0.25, 0.3) is 5.91 Å². The largest absolute Gasteiger partial charge is 0.376 e. The Kier molecular flexibility index (Phi) is 5.99. The summed E-state index contributed by atoms with van der Waals surface area (Å²) in [6, 6.07) is 3.69. The van der Waals surface area contributed by atoms with E-state index in [0.717, 1.165) is 48.9 Å². The second-order valence-corrected chi connectivity index (χ2v) is 7.13. The molecule has 0 radical (unpaired) electrons. The van der Waals surface area contributed by atoms with Crippen molar-refractivity contribution in [1.82, 2.24) is 15.3 Å². The van der Waals surface area contributed by atoms with Crippen molar-refractivity contribution in [1.29, 1.82) is 0 Å². The number of nitrogens with zero attached hydrogens (tertiary/aromatic N) is 3. The Labute approximate surface area is 152 Å². The Morgan fingerprint density at radius 2 is 2.36 bits per heavy atom. The molecule has 1 N–H and O–H groups in total. The van der Waals surface area contributed by atoms with Crippen LogP contribution in [-0.4, -0.2) is 42.2 Å². The Bertz CT molecular complexity index is 695. The van der Waals surface area contributed by atoms with Gasteiger partial charge in [0.2, 0.25) is 0 Å². The number of nitrogens with one attached hydrogen (secondary N) is 1. The molecule has 0 aliphatic carbocycles. The number of hydrogen-bond donors (Lipinski definition) is 1. The van der Waals surface area contributed by atoms with Gasteiger partial charge in [-0.25, -0.2) is 9.97 Å². The Hall–Kier alpha value is -1.99. The average Bonchev–Trinajstić information content (AvgIpc) is 3.31. The van der Waals surface area contributed by atoms with E-state index in [4.69, 9.17) is 4.74 Å². The van der Waals surface area contributed by atoms with Crippen LogP contribution in [0.25, 0.3) is 0 Å². The smallest absolute Gasteiger partial charge is 0.253 e. The number of anilines is 1. The molecule has 1 atom stereocenters. The SMILES string of the molecule is CCc1csc(CNC(=O)c2ccc(N(C)C[C@@H]3CCCO3)nc2)n1. The Balaban J connectivity index is 1.52. The molecule has 1 saturated heterocycles. The third kappa shape index (κ3) is 4.76. The minimum Gasteiger partial charge on any atom is -0.376 e. The van der Waals surface area contributed by atoms with Crippen molar-refractivity contribution in [3.8, 4) is 0 Å². The number of aromatic nitrogens is 2. The van der Waals surface area contributed by atoms with E-state index in [1.54, 1.807) is 17.5 Å². The van der Waals surface area contributed by atoms with E-state index in [0.29, 0.717) is 12.1 Å². The highest BCUT2D eigenvalue weighted by Crippen LogP contribution is 2.17. The monoisotopic (exact) mass is 360 g/mol. The van der Waals surface area contributed by atoms with Gasteiger partial charge in [0.1, 0.15) is 10.8 Å². The maximum Gasteiger partial charge on any atom is 0.253 e. The minimum absolute atomic E-state index is 0.130. The molecule has 25 heavy (non-hydrogen) atoms. The fourth-order valence-electron chi connectivity index (χ4n) is 2.78. The predicted molar refractivity (Wildman–Crippen MR) is 99.1 cm³/mol. The lowest BCUT2D eigenvalue weighted by atomic mass is 10.2. The van der Waals surface area contributed by atoms with Gasteiger partial charge in [0.05, 0.1) is 23.9 Å². The summed E-state index contributed by atoms with van der Waals surface area (Å²) in [4.78, 5) is 23.2. The van der Waals surface area contributed by atoms with Crippen molar-refractivity contribution in [2.75, 3.05) is 25.1 Å². The van der Waals surface area contributed by atoms with E-state index in [1.807, 2.05) is 24.6 Å². The Morgan fingerprint density at radius 1 is 1.48 bits per heavy atom. The molecule has 2 aromatic rings. The van der Waals surface area contributed by atoms with E-state index < -0.39 is 0 Å². The molecule has 1 aliphatic heterocycles. The van der Waals surface area contributed by atoms with Gasteiger partial charge in [-0.15, -0.1) is 11.3 Å². The summed E-state index contributed by atoms with van der Waals surface area (Å²) < 4.78 is 5.65. The van der Waals surface area contributed by atoms with Crippen molar-refractivity contribution < 1.29 is 9.53 Å². The number of thiazole rings is 1. The number of ether oxygens (including phenoxy) is 1. The van der Waals surface area contributed by atoms with Crippen LogP contribution in [0.15, 0.2) is 23.7 Å². The standard InChI is InChI=1S/C18H24N4O2S/c1-3-14-12-25-17(21-14)10-20-18(23)13-6-7-16(19-9-13)22(2)11-15-5-4-8-24-15/h6-7,9,12,15H,3-5,8,10-11H2,1-2H3,(H,20,23)/t15-/m0/s1. The van der Waals surface area contributed by atoms with Gasteiger partial charge in [-0.1, -0.05) is 6.92 Å². The van der Waals surface area contributed by atoms with E-state index in [-0.39, 0.29) is 12.0 Å². The normalized spacial score (nSPS) is 16.8. The molecular weight excluding hydrogens is 336 g/mol. The molecule has 6 nitrogen and oxygen atoms in total. The quantitative estimate of drug-likeness (QED) is 0.822. The van der Waals surface area contributed by atoms with Gasteiger partial charge < -0.3 is 15.0 Å². The molecule has 1 aliphatic rings. The molecule has 0 bridgehead atoms. The summed E-state index contributed by atoms with van der Waals surface area (Å²) in [5.74, 6) is 0.716. The highest BCUT2D eigenvalue weighted by molar-refractivity contribution is 7.09. The second kappa shape index (κ2) is 8.40. The fourth-order valence-corrected chi connectivity index (χ4v) is 3.60. The topological polar surface area (TPSA) is 67.4 Å². The molecule has 0 saturated carbocycles. The maximum absolute atomic E-state index is 12.2. The number of pyridine rings is 1. The third-order valence-electron chi connectivity index (χ3n) is 4.26. The van der Waals surface area contributed by atoms with Gasteiger partial charge in [-0.2, -0.15) is 0 Å². The van der Waals surface area contributed by atoms with Crippen LogP contribution in [0, 0.1) is 0 Å². The third-order valence-corrected chi connectivity index (χ3v) is 5.16. The van der Waals surface area contributed by atoms with Crippen LogP contribution in [0.3, 0.4) is 0 Å². The molecule has 0 spiro atoms. The maximum atomic E-state index is 12.2. The number of rotatable bonds is 7. The zero-order chi connectivity index (χ0) is 17.6. The number of carbonyl (C=O) groups is 1. The van der Waals surface area contributed by atoms with Crippen LogP contribution in [0.2, 0.25) is 0 Å². The van der Waals surface area contributed by atoms with Gasteiger partial charge in [-0.05, 0) is 31.4 Å². The van der Waals surface area contributed by atoms with Crippen LogP contribution in [0.4, 0.5) is 5.82 Å². The highest BCUT2D eigenvalue weighted by Gasteiger charge is 2.18. The average molecular weight is 360 g/mol. The number of carbonyl (C=O) groups excluding carboxylic acids is 1. The number of amides is 1. The molecule has 7 heteroatoms. The van der Waals surface area contributed by atoms with Gasteiger partial charge >= 0.3 is 0 Å². The van der Waals surface area contributed by atoms with E-state index in [1.165, 1.54) is 0 Å². The van der Waals surface area contributed by atoms with Crippen LogP contribution in [0.1, 0.15) is 40.8 Å². The van der Waals surface area contributed by atoms with Crippen molar-refractivity contribution in [3.63, 3.8) is 0 Å². The second-order valence-electron chi connectivity index (χ2n) is 6.19. The van der Waals surface area contributed by atoms with Crippen LogP contribution in [-0.2, 0) is 17.7 Å². The summed E-state index contributed by atoms with van der Waals surface area (Å²) in [5.41, 5.74) is 1.62. The van der Waals surface area contributed by atoms with Gasteiger partial charge in [0.15, 0.2) is 0 Å². The molecule has 134 valence electrons. The van der Waals surface area contributed by atoms with Gasteiger partial charge in [0, 0.05) is 31.8 Å². The highest BCUT2D eigenvalue weighted by atomic mass is 32.1. The molecule has 3 rings (SSSR count). The van der Waals surface area contributed by atoms with Crippen LogP contribution in [0.5, 0.6) is 0 Å². The minimum atomic E-state index is -0.130. The first-order chi connectivity index (χ1) is 12.2. The molecular formula is C18H24N4O2S.